The maximum Gasteiger partial charge on any atom is 0.157 e. The smallest absolute Gasteiger partial charge is 0.157 e. The van der Waals surface area contributed by atoms with Gasteiger partial charge < -0.3 is 10.1 Å². The molecule has 2 aliphatic rings. The molecule has 2 atom stereocenters. The Kier molecular flexibility index (Phi) is 5.17. The van der Waals surface area contributed by atoms with Crippen molar-refractivity contribution in [2.45, 2.75) is 18.3 Å². The van der Waals surface area contributed by atoms with E-state index in [1.54, 1.807) is 0 Å². The van der Waals surface area contributed by atoms with E-state index in [-0.39, 0.29) is 6.10 Å². The number of benzene rings is 1. The molecule has 21 heavy (non-hydrogen) atoms. The van der Waals surface area contributed by atoms with Crippen LogP contribution in [0.4, 0.5) is 0 Å². The maximum atomic E-state index is 5.81. The average molecular weight is 305 g/mol. The van der Waals surface area contributed by atoms with Gasteiger partial charge in [0.2, 0.25) is 0 Å². The highest BCUT2D eigenvalue weighted by molar-refractivity contribution is 8.14. The number of nitrogens with one attached hydrogen (secondary N) is 1. The van der Waals surface area contributed by atoms with Crippen molar-refractivity contribution in [2.75, 3.05) is 39.3 Å². The second-order valence-electron chi connectivity index (χ2n) is 5.43. The third-order valence-corrected chi connectivity index (χ3v) is 5.18. The molecule has 0 saturated carbocycles. The number of thioether (sulfide) groups is 1. The van der Waals surface area contributed by atoms with Crippen LogP contribution in [0.5, 0.6) is 0 Å². The molecular weight excluding hydrogens is 282 g/mol. The Hall–Kier alpha value is -1.04. The van der Waals surface area contributed by atoms with Crippen LogP contribution in [0.1, 0.15) is 17.7 Å². The van der Waals surface area contributed by atoms with Crippen LogP contribution in [0.2, 0.25) is 0 Å². The fraction of sp³-hybridized carbons (Fsp3) is 0.562. The molecule has 1 aromatic carbocycles. The predicted molar refractivity (Wildman–Crippen MR) is 88.9 cm³/mol. The van der Waals surface area contributed by atoms with Crippen LogP contribution < -0.4 is 5.32 Å². The van der Waals surface area contributed by atoms with Crippen molar-refractivity contribution in [3.8, 4) is 0 Å². The average Bonchev–Trinajstić information content (AvgIpc) is 3.03. The second kappa shape index (κ2) is 7.29. The van der Waals surface area contributed by atoms with E-state index in [9.17, 15) is 0 Å². The monoisotopic (exact) mass is 305 g/mol. The van der Waals surface area contributed by atoms with E-state index in [1.165, 1.54) is 5.56 Å². The first kappa shape index (κ1) is 14.9. The van der Waals surface area contributed by atoms with E-state index in [1.807, 2.05) is 11.8 Å². The molecule has 4 nitrogen and oxygen atoms in total. The largest absolute Gasteiger partial charge is 0.374 e. The number of aliphatic imine (C=N–C) groups is 1. The molecular formula is C16H23N3OS. The Bertz CT molecular complexity index is 480. The first-order valence-electron chi connectivity index (χ1n) is 7.69. The van der Waals surface area contributed by atoms with Gasteiger partial charge in [0.1, 0.15) is 0 Å². The predicted octanol–water partition coefficient (Wildman–Crippen LogP) is 2.14. The molecule has 1 N–H and O–H groups in total. The molecule has 2 unspecified atom stereocenters. The van der Waals surface area contributed by atoms with Gasteiger partial charge in [-0.3, -0.25) is 9.89 Å². The van der Waals surface area contributed by atoms with Crippen molar-refractivity contribution < 1.29 is 4.74 Å². The molecule has 2 heterocycles. The summed E-state index contributed by atoms with van der Waals surface area (Å²) in [6.07, 6.45) is 0.276. The number of ether oxygens (including phenoxy) is 1. The Morgan fingerprint density at radius 1 is 1.38 bits per heavy atom. The minimum atomic E-state index is 0.276. The lowest BCUT2D eigenvalue weighted by Gasteiger charge is -2.32. The highest BCUT2D eigenvalue weighted by Crippen LogP contribution is 2.34. The van der Waals surface area contributed by atoms with E-state index in [0.29, 0.717) is 5.25 Å². The van der Waals surface area contributed by atoms with Gasteiger partial charge in [-0.15, -0.1) is 0 Å². The van der Waals surface area contributed by atoms with Crippen LogP contribution in [-0.2, 0) is 4.74 Å². The summed E-state index contributed by atoms with van der Waals surface area (Å²) >= 11 is 1.83. The zero-order valence-corrected chi connectivity index (χ0v) is 13.3. The number of hydrogen-bond acceptors (Lipinski definition) is 5. The Labute approximate surface area is 131 Å². The summed E-state index contributed by atoms with van der Waals surface area (Å²) in [5.41, 5.74) is 1.36. The molecule has 2 aliphatic heterocycles. The number of likely N-dealkylation sites (N-methyl/N-ethyl adjacent to an activating group) is 1. The topological polar surface area (TPSA) is 36.9 Å². The minimum absolute atomic E-state index is 0.276. The second-order valence-corrected chi connectivity index (χ2v) is 6.62. The van der Waals surface area contributed by atoms with E-state index in [2.05, 4.69) is 52.5 Å². The first-order valence-corrected chi connectivity index (χ1v) is 8.57. The summed E-state index contributed by atoms with van der Waals surface area (Å²) in [7, 11) is 0. The molecule has 3 rings (SSSR count). The van der Waals surface area contributed by atoms with Crippen molar-refractivity contribution in [1.82, 2.24) is 10.2 Å². The van der Waals surface area contributed by atoms with Gasteiger partial charge in [0.05, 0.1) is 24.5 Å². The summed E-state index contributed by atoms with van der Waals surface area (Å²) < 4.78 is 5.81. The van der Waals surface area contributed by atoms with E-state index >= 15 is 0 Å². The molecule has 0 amide bonds. The minimum Gasteiger partial charge on any atom is -0.374 e. The lowest BCUT2D eigenvalue weighted by Crippen LogP contribution is -2.46. The summed E-state index contributed by atoms with van der Waals surface area (Å²) in [4.78, 5) is 7.05. The Morgan fingerprint density at radius 2 is 2.24 bits per heavy atom. The molecule has 0 aromatic heterocycles. The molecule has 0 spiro atoms. The van der Waals surface area contributed by atoms with Crippen molar-refractivity contribution in [1.29, 1.82) is 0 Å². The molecule has 1 aromatic rings. The van der Waals surface area contributed by atoms with Crippen LogP contribution in [-0.4, -0.2) is 55.5 Å². The Balaban J connectivity index is 1.45. The number of nitrogens with zero attached hydrogens (tertiary/aromatic N) is 2. The maximum absolute atomic E-state index is 5.81. The molecule has 0 bridgehead atoms. The van der Waals surface area contributed by atoms with Gasteiger partial charge in [-0.05, 0) is 12.1 Å². The van der Waals surface area contributed by atoms with Gasteiger partial charge in [-0.1, -0.05) is 49.0 Å². The van der Waals surface area contributed by atoms with Crippen LogP contribution in [0.3, 0.4) is 0 Å². The first-order chi connectivity index (χ1) is 10.3. The van der Waals surface area contributed by atoms with Gasteiger partial charge in [0.25, 0.3) is 0 Å². The van der Waals surface area contributed by atoms with Gasteiger partial charge in [0, 0.05) is 19.6 Å². The molecule has 0 aliphatic carbocycles. The molecule has 1 fully saturated rings. The quantitative estimate of drug-likeness (QED) is 0.925. The molecule has 114 valence electrons. The van der Waals surface area contributed by atoms with Crippen LogP contribution in [0, 0.1) is 0 Å². The zero-order chi connectivity index (χ0) is 14.5. The van der Waals surface area contributed by atoms with E-state index < -0.39 is 0 Å². The summed E-state index contributed by atoms with van der Waals surface area (Å²) in [6, 6.07) is 10.6. The van der Waals surface area contributed by atoms with E-state index in [4.69, 9.17) is 4.74 Å². The summed E-state index contributed by atoms with van der Waals surface area (Å²) in [6.45, 7) is 7.94. The van der Waals surface area contributed by atoms with Gasteiger partial charge in [0.15, 0.2) is 5.17 Å². The SMILES string of the molecule is CCN1CCOC(CNC2=NCC(c3ccccc3)S2)C1. The normalized spacial score (nSPS) is 26.6. The number of rotatable bonds is 4. The number of hydrogen-bond donors (Lipinski definition) is 1. The molecule has 1 saturated heterocycles. The van der Waals surface area contributed by atoms with Gasteiger partial charge >= 0.3 is 0 Å². The van der Waals surface area contributed by atoms with Crippen LogP contribution in [0.25, 0.3) is 0 Å². The molecule has 5 heteroatoms. The van der Waals surface area contributed by atoms with Crippen LogP contribution in [0.15, 0.2) is 35.3 Å². The van der Waals surface area contributed by atoms with Gasteiger partial charge in [-0.2, -0.15) is 0 Å². The third kappa shape index (κ3) is 3.99. The van der Waals surface area contributed by atoms with Crippen molar-refractivity contribution >= 4 is 16.9 Å². The van der Waals surface area contributed by atoms with Crippen molar-refractivity contribution in [3.63, 3.8) is 0 Å². The lowest BCUT2D eigenvalue weighted by molar-refractivity contribution is -0.0232. The molecule has 0 radical (unpaired) electrons. The lowest BCUT2D eigenvalue weighted by atomic mass is 10.1. The van der Waals surface area contributed by atoms with Crippen molar-refractivity contribution in [3.05, 3.63) is 35.9 Å². The van der Waals surface area contributed by atoms with Gasteiger partial charge in [-0.25, -0.2) is 0 Å². The highest BCUT2D eigenvalue weighted by atomic mass is 32.2. The number of morpholine rings is 1. The summed E-state index contributed by atoms with van der Waals surface area (Å²) in [5, 5.41) is 4.97. The highest BCUT2D eigenvalue weighted by Gasteiger charge is 2.23. The number of amidine groups is 1. The van der Waals surface area contributed by atoms with Crippen LogP contribution >= 0.6 is 11.8 Å². The zero-order valence-electron chi connectivity index (χ0n) is 12.5. The fourth-order valence-corrected chi connectivity index (χ4v) is 3.73. The third-order valence-electron chi connectivity index (χ3n) is 3.98. The standard InChI is InChI=1S/C16H23N3OS/c1-2-19-8-9-20-14(12-19)10-17-16-18-11-15(21-16)13-6-4-3-5-7-13/h3-7,14-15H,2,8-12H2,1H3,(H,17,18). The fourth-order valence-electron chi connectivity index (χ4n) is 2.71. The summed E-state index contributed by atoms with van der Waals surface area (Å²) in [5.74, 6) is 0. The van der Waals surface area contributed by atoms with Crippen molar-refractivity contribution in [2.24, 2.45) is 4.99 Å². The Morgan fingerprint density at radius 3 is 3.05 bits per heavy atom. The van der Waals surface area contributed by atoms with E-state index in [0.717, 1.165) is 44.5 Å².